The van der Waals surface area contributed by atoms with Crippen molar-refractivity contribution in [2.75, 3.05) is 57.7 Å². The number of nitrogens with zero attached hydrogens (tertiary/aromatic N) is 3. The highest BCUT2D eigenvalue weighted by Crippen LogP contribution is 2.36. The van der Waals surface area contributed by atoms with Crippen LogP contribution in [-0.4, -0.2) is 57.3 Å². The zero-order valence-electron chi connectivity index (χ0n) is 19.9. The monoisotopic (exact) mass is 454 g/mol. The van der Waals surface area contributed by atoms with Crippen LogP contribution in [0.15, 0.2) is 72.9 Å². The first-order chi connectivity index (χ1) is 16.6. The standard InChI is InChI=1S/C28H30N4O2/c1-31-14-16-32(17-15-31)22-7-5-21(6-8-22)30-27-12-13-29-26-10-4-20(18-25(26)27)24-19-23(33-2)9-11-28(24)34-3/h4-13,18-19H,14-17H2,1-3H3,(H,29,30). The van der Waals surface area contributed by atoms with Crippen LogP contribution in [0, 0.1) is 0 Å². The highest BCUT2D eigenvalue weighted by atomic mass is 16.5. The van der Waals surface area contributed by atoms with E-state index in [2.05, 4.69) is 63.5 Å². The number of piperazine rings is 1. The Bertz CT molecular complexity index is 1280. The molecule has 4 aromatic rings. The number of likely N-dealkylation sites (N-methyl/N-ethyl adjacent to an activating group) is 1. The van der Waals surface area contributed by atoms with E-state index in [1.165, 1.54) is 5.69 Å². The second kappa shape index (κ2) is 9.61. The van der Waals surface area contributed by atoms with Gasteiger partial charge in [-0.2, -0.15) is 0 Å². The minimum absolute atomic E-state index is 0.792. The van der Waals surface area contributed by atoms with Gasteiger partial charge in [-0.3, -0.25) is 4.98 Å². The third-order valence-electron chi connectivity index (χ3n) is 6.47. The fraction of sp³-hybridized carbons (Fsp3) is 0.250. The van der Waals surface area contributed by atoms with E-state index in [9.17, 15) is 0 Å². The lowest BCUT2D eigenvalue weighted by atomic mass is 10.0. The summed E-state index contributed by atoms with van der Waals surface area (Å²) in [7, 11) is 5.54. The van der Waals surface area contributed by atoms with Crippen LogP contribution in [0.4, 0.5) is 17.1 Å². The van der Waals surface area contributed by atoms with Crippen molar-refractivity contribution in [3.63, 3.8) is 0 Å². The largest absolute Gasteiger partial charge is 0.497 e. The summed E-state index contributed by atoms with van der Waals surface area (Å²) < 4.78 is 11.0. The molecule has 0 radical (unpaired) electrons. The fourth-order valence-electron chi connectivity index (χ4n) is 4.44. The lowest BCUT2D eigenvalue weighted by Crippen LogP contribution is -2.44. The Morgan fingerprint density at radius 3 is 2.35 bits per heavy atom. The van der Waals surface area contributed by atoms with Crippen molar-refractivity contribution >= 4 is 28.0 Å². The Morgan fingerprint density at radius 2 is 1.62 bits per heavy atom. The number of anilines is 3. The van der Waals surface area contributed by atoms with Gasteiger partial charge in [0.25, 0.3) is 0 Å². The molecule has 2 heterocycles. The molecule has 1 fully saturated rings. The van der Waals surface area contributed by atoms with Crippen molar-refractivity contribution < 1.29 is 9.47 Å². The Kier molecular flexibility index (Phi) is 6.23. The second-order valence-electron chi connectivity index (χ2n) is 8.62. The maximum absolute atomic E-state index is 5.61. The van der Waals surface area contributed by atoms with Crippen LogP contribution in [0.5, 0.6) is 11.5 Å². The number of nitrogens with one attached hydrogen (secondary N) is 1. The predicted molar refractivity (Wildman–Crippen MR) is 140 cm³/mol. The third kappa shape index (κ3) is 4.50. The molecule has 1 saturated heterocycles. The highest BCUT2D eigenvalue weighted by Gasteiger charge is 2.14. The summed E-state index contributed by atoms with van der Waals surface area (Å²) in [6.45, 7) is 4.33. The maximum Gasteiger partial charge on any atom is 0.126 e. The molecule has 1 N–H and O–H groups in total. The summed E-state index contributed by atoms with van der Waals surface area (Å²) >= 11 is 0. The van der Waals surface area contributed by atoms with Crippen LogP contribution in [-0.2, 0) is 0 Å². The maximum atomic E-state index is 5.61. The van der Waals surface area contributed by atoms with E-state index in [-0.39, 0.29) is 0 Å². The first-order valence-electron chi connectivity index (χ1n) is 11.6. The van der Waals surface area contributed by atoms with Gasteiger partial charge in [0.05, 0.1) is 19.7 Å². The number of methoxy groups -OCH3 is 2. The molecule has 3 aromatic carbocycles. The van der Waals surface area contributed by atoms with E-state index in [1.807, 2.05) is 36.5 Å². The summed E-state index contributed by atoms with van der Waals surface area (Å²) in [6, 6.07) is 22.8. The van der Waals surface area contributed by atoms with Crippen molar-refractivity contribution in [3.05, 3.63) is 72.9 Å². The normalized spacial score (nSPS) is 14.3. The van der Waals surface area contributed by atoms with E-state index in [1.54, 1.807) is 14.2 Å². The molecule has 0 spiro atoms. The highest BCUT2D eigenvalue weighted by molar-refractivity contribution is 5.96. The van der Waals surface area contributed by atoms with Gasteiger partial charge in [-0.1, -0.05) is 6.07 Å². The Balaban J connectivity index is 1.44. The average Bonchev–Trinajstić information content (AvgIpc) is 2.89. The summed E-state index contributed by atoms with van der Waals surface area (Å²) in [6.07, 6.45) is 1.84. The Hall–Kier alpha value is -3.77. The molecule has 5 rings (SSSR count). The predicted octanol–water partition coefficient (Wildman–Crippen LogP) is 5.41. The van der Waals surface area contributed by atoms with Crippen LogP contribution in [0.3, 0.4) is 0 Å². The number of benzene rings is 3. The zero-order valence-corrected chi connectivity index (χ0v) is 19.9. The van der Waals surface area contributed by atoms with Crippen LogP contribution < -0.4 is 19.7 Å². The van der Waals surface area contributed by atoms with Crippen molar-refractivity contribution in [2.24, 2.45) is 0 Å². The average molecular weight is 455 g/mol. The minimum atomic E-state index is 0.792. The number of rotatable bonds is 6. The van der Waals surface area contributed by atoms with Crippen LogP contribution in [0.2, 0.25) is 0 Å². The van der Waals surface area contributed by atoms with E-state index in [0.29, 0.717) is 0 Å². The van der Waals surface area contributed by atoms with E-state index in [4.69, 9.17) is 9.47 Å². The summed E-state index contributed by atoms with van der Waals surface area (Å²) in [5, 5.41) is 4.64. The topological polar surface area (TPSA) is 49.9 Å². The van der Waals surface area contributed by atoms with Gasteiger partial charge >= 0.3 is 0 Å². The van der Waals surface area contributed by atoms with Crippen molar-refractivity contribution in [1.29, 1.82) is 0 Å². The first-order valence-corrected chi connectivity index (χ1v) is 11.6. The van der Waals surface area contributed by atoms with Crippen molar-refractivity contribution in [3.8, 4) is 22.6 Å². The molecule has 34 heavy (non-hydrogen) atoms. The summed E-state index contributed by atoms with van der Waals surface area (Å²) in [5.74, 6) is 1.60. The van der Waals surface area contributed by atoms with Gasteiger partial charge < -0.3 is 24.6 Å². The molecular formula is C28H30N4O2. The molecule has 6 heteroatoms. The van der Waals surface area contributed by atoms with Gasteiger partial charge in [0, 0.05) is 60.4 Å². The third-order valence-corrected chi connectivity index (χ3v) is 6.47. The first kappa shape index (κ1) is 22.0. The van der Waals surface area contributed by atoms with Gasteiger partial charge in [0.2, 0.25) is 0 Å². The quantitative estimate of drug-likeness (QED) is 0.420. The molecule has 1 aliphatic rings. The van der Waals surface area contributed by atoms with Gasteiger partial charge in [0.1, 0.15) is 11.5 Å². The van der Waals surface area contributed by atoms with Gasteiger partial charge in [-0.25, -0.2) is 0 Å². The Morgan fingerprint density at radius 1 is 0.824 bits per heavy atom. The lowest BCUT2D eigenvalue weighted by molar-refractivity contribution is 0.313. The molecule has 174 valence electrons. The molecule has 0 bridgehead atoms. The van der Waals surface area contributed by atoms with Crippen LogP contribution >= 0.6 is 0 Å². The molecular weight excluding hydrogens is 424 g/mol. The van der Waals surface area contributed by atoms with Crippen LogP contribution in [0.1, 0.15) is 0 Å². The number of hydrogen-bond acceptors (Lipinski definition) is 6. The molecule has 6 nitrogen and oxygen atoms in total. The zero-order chi connectivity index (χ0) is 23.5. The molecule has 0 unspecified atom stereocenters. The van der Waals surface area contributed by atoms with Gasteiger partial charge in [-0.05, 0) is 73.3 Å². The van der Waals surface area contributed by atoms with Gasteiger partial charge in [0.15, 0.2) is 0 Å². The van der Waals surface area contributed by atoms with E-state index < -0.39 is 0 Å². The number of aromatic nitrogens is 1. The molecule has 1 aliphatic heterocycles. The second-order valence-corrected chi connectivity index (χ2v) is 8.62. The SMILES string of the molecule is COc1ccc(OC)c(-c2ccc3nccc(Nc4ccc(N5CCN(C)CC5)cc4)c3c2)c1. The molecule has 0 aliphatic carbocycles. The van der Waals surface area contributed by atoms with Crippen LogP contribution in [0.25, 0.3) is 22.0 Å². The van der Waals surface area contributed by atoms with Gasteiger partial charge in [-0.15, -0.1) is 0 Å². The fourth-order valence-corrected chi connectivity index (χ4v) is 4.44. The summed E-state index contributed by atoms with van der Waals surface area (Å²) in [4.78, 5) is 9.38. The summed E-state index contributed by atoms with van der Waals surface area (Å²) in [5.41, 5.74) is 6.30. The lowest BCUT2D eigenvalue weighted by Gasteiger charge is -2.34. The minimum Gasteiger partial charge on any atom is -0.497 e. The molecule has 0 atom stereocenters. The van der Waals surface area contributed by atoms with Crippen molar-refractivity contribution in [2.45, 2.75) is 0 Å². The van der Waals surface area contributed by atoms with Crippen molar-refractivity contribution in [1.82, 2.24) is 9.88 Å². The van der Waals surface area contributed by atoms with E-state index >= 15 is 0 Å². The van der Waals surface area contributed by atoms with E-state index in [0.717, 1.165) is 71.1 Å². The molecule has 0 saturated carbocycles. The molecule has 1 aromatic heterocycles. The Labute approximate surface area is 200 Å². The number of fused-ring (bicyclic) bond motifs is 1. The molecule has 0 amide bonds. The number of pyridine rings is 1. The number of hydrogen-bond donors (Lipinski definition) is 1. The number of ether oxygens (including phenoxy) is 2. The smallest absolute Gasteiger partial charge is 0.126 e.